The fourth-order valence-corrected chi connectivity index (χ4v) is 3.26. The molecule has 0 saturated heterocycles. The van der Waals surface area contributed by atoms with E-state index in [4.69, 9.17) is 4.74 Å². The van der Waals surface area contributed by atoms with Gasteiger partial charge in [0.15, 0.2) is 0 Å². The Balaban J connectivity index is 1.39. The van der Waals surface area contributed by atoms with Crippen LogP contribution in [0.15, 0.2) is 72.8 Å². The lowest BCUT2D eigenvalue weighted by atomic mass is 10.1. The lowest BCUT2D eigenvalue weighted by molar-refractivity contribution is 0.102. The summed E-state index contributed by atoms with van der Waals surface area (Å²) in [5, 5.41) is 2.97. The number of hydrogen-bond acceptors (Lipinski definition) is 3. The summed E-state index contributed by atoms with van der Waals surface area (Å²) in [5.41, 5.74) is 4.57. The summed E-state index contributed by atoms with van der Waals surface area (Å²) in [6.07, 6.45) is 1.65. The summed E-state index contributed by atoms with van der Waals surface area (Å²) in [6.45, 7) is 2.54. The number of aromatic amines is 1. The van der Waals surface area contributed by atoms with Gasteiger partial charge in [-0.15, -0.1) is 0 Å². The van der Waals surface area contributed by atoms with Gasteiger partial charge >= 0.3 is 0 Å². The lowest BCUT2D eigenvalue weighted by Crippen LogP contribution is -2.12. The topological polar surface area (TPSA) is 67.0 Å². The number of imidazole rings is 1. The van der Waals surface area contributed by atoms with E-state index in [1.807, 2.05) is 61.5 Å². The number of benzene rings is 3. The molecule has 2 N–H and O–H groups in total. The standard InChI is InChI=1S/C24H23N3O2/c1-2-29-20-13-11-18(12-14-20)24(28)25-19-7-5-6-17(16-19)10-15-23-26-21-8-3-4-9-22(21)27-23/h3-9,11-14,16H,2,10,15H2,1H3,(H,25,28)(H,26,27). The lowest BCUT2D eigenvalue weighted by Gasteiger charge is -2.08. The average molecular weight is 385 g/mol. The Bertz CT molecular complexity index is 1080. The monoisotopic (exact) mass is 385 g/mol. The molecule has 0 aliphatic heterocycles. The van der Waals surface area contributed by atoms with E-state index in [2.05, 4.69) is 21.4 Å². The van der Waals surface area contributed by atoms with Crippen LogP contribution in [0.25, 0.3) is 11.0 Å². The predicted molar refractivity (Wildman–Crippen MR) is 116 cm³/mol. The third kappa shape index (κ3) is 4.63. The molecule has 29 heavy (non-hydrogen) atoms. The van der Waals surface area contributed by atoms with Gasteiger partial charge in [-0.05, 0) is 67.4 Å². The van der Waals surface area contributed by atoms with Gasteiger partial charge in [0.25, 0.3) is 5.91 Å². The SMILES string of the molecule is CCOc1ccc(C(=O)Nc2cccc(CCc3nc4ccccc4[nH]3)c2)cc1. The van der Waals surface area contributed by atoms with Crippen LogP contribution in [0.3, 0.4) is 0 Å². The van der Waals surface area contributed by atoms with E-state index in [1.54, 1.807) is 12.1 Å². The predicted octanol–water partition coefficient (Wildman–Crippen LogP) is 5.00. The van der Waals surface area contributed by atoms with Crippen LogP contribution in [-0.2, 0) is 12.8 Å². The van der Waals surface area contributed by atoms with Gasteiger partial charge in [0, 0.05) is 17.7 Å². The molecule has 5 nitrogen and oxygen atoms in total. The normalized spacial score (nSPS) is 10.8. The maximum absolute atomic E-state index is 12.5. The quantitative estimate of drug-likeness (QED) is 0.470. The van der Waals surface area contributed by atoms with Gasteiger partial charge in [0.1, 0.15) is 11.6 Å². The molecule has 0 spiro atoms. The van der Waals surface area contributed by atoms with Crippen LogP contribution < -0.4 is 10.1 Å². The fraction of sp³-hybridized carbons (Fsp3) is 0.167. The van der Waals surface area contributed by atoms with Crippen molar-refractivity contribution in [3.8, 4) is 5.75 Å². The highest BCUT2D eigenvalue weighted by Crippen LogP contribution is 2.17. The number of anilines is 1. The molecule has 0 bridgehead atoms. The van der Waals surface area contributed by atoms with Crippen molar-refractivity contribution in [3.05, 3.63) is 89.7 Å². The number of aryl methyl sites for hydroxylation is 2. The molecular formula is C24H23N3O2. The van der Waals surface area contributed by atoms with E-state index >= 15 is 0 Å². The van der Waals surface area contributed by atoms with Gasteiger partial charge in [0.05, 0.1) is 17.6 Å². The molecule has 1 amide bonds. The van der Waals surface area contributed by atoms with Crippen molar-refractivity contribution in [2.75, 3.05) is 11.9 Å². The molecule has 1 aromatic heterocycles. The molecule has 0 saturated carbocycles. The summed E-state index contributed by atoms with van der Waals surface area (Å²) in [5.74, 6) is 1.59. The number of carbonyl (C=O) groups is 1. The molecule has 0 unspecified atom stereocenters. The number of fused-ring (bicyclic) bond motifs is 1. The van der Waals surface area contributed by atoms with E-state index in [0.717, 1.165) is 46.7 Å². The van der Waals surface area contributed by atoms with Crippen LogP contribution in [0.4, 0.5) is 5.69 Å². The molecule has 5 heteroatoms. The Labute approximate surface area is 169 Å². The molecule has 0 radical (unpaired) electrons. The molecular weight excluding hydrogens is 362 g/mol. The third-order valence-corrected chi connectivity index (χ3v) is 4.70. The Morgan fingerprint density at radius 1 is 1.00 bits per heavy atom. The van der Waals surface area contributed by atoms with Crippen LogP contribution in [0, 0.1) is 0 Å². The Morgan fingerprint density at radius 2 is 1.83 bits per heavy atom. The first-order chi connectivity index (χ1) is 14.2. The number of H-pyrrole nitrogens is 1. The summed E-state index contributed by atoms with van der Waals surface area (Å²) in [4.78, 5) is 20.5. The number of rotatable bonds is 7. The number of nitrogens with zero attached hydrogens (tertiary/aromatic N) is 1. The Kier molecular flexibility index (Phi) is 5.56. The van der Waals surface area contributed by atoms with Crippen LogP contribution in [0.1, 0.15) is 28.7 Å². The zero-order chi connectivity index (χ0) is 20.1. The van der Waals surface area contributed by atoms with E-state index in [0.29, 0.717) is 12.2 Å². The summed E-state index contributed by atoms with van der Waals surface area (Å²) in [7, 11) is 0. The first-order valence-corrected chi connectivity index (χ1v) is 9.78. The van der Waals surface area contributed by atoms with E-state index in [9.17, 15) is 4.79 Å². The van der Waals surface area contributed by atoms with Crippen molar-refractivity contribution in [2.45, 2.75) is 19.8 Å². The second-order valence-corrected chi connectivity index (χ2v) is 6.81. The highest BCUT2D eigenvalue weighted by atomic mass is 16.5. The van der Waals surface area contributed by atoms with Crippen LogP contribution in [0.5, 0.6) is 5.75 Å². The fourth-order valence-electron chi connectivity index (χ4n) is 3.26. The first kappa shape index (κ1) is 18.7. The Hall–Kier alpha value is -3.60. The summed E-state index contributed by atoms with van der Waals surface area (Å²) >= 11 is 0. The molecule has 0 atom stereocenters. The number of amides is 1. The maximum atomic E-state index is 12.5. The van der Waals surface area contributed by atoms with Crippen LogP contribution in [0.2, 0.25) is 0 Å². The Morgan fingerprint density at radius 3 is 2.62 bits per heavy atom. The van der Waals surface area contributed by atoms with Crippen molar-refractivity contribution in [2.24, 2.45) is 0 Å². The molecule has 1 heterocycles. The van der Waals surface area contributed by atoms with Gasteiger partial charge < -0.3 is 15.0 Å². The van der Waals surface area contributed by atoms with E-state index < -0.39 is 0 Å². The second-order valence-electron chi connectivity index (χ2n) is 6.81. The van der Waals surface area contributed by atoms with Crippen LogP contribution in [-0.4, -0.2) is 22.5 Å². The zero-order valence-electron chi connectivity index (χ0n) is 16.3. The average Bonchev–Trinajstić information content (AvgIpc) is 3.16. The maximum Gasteiger partial charge on any atom is 0.255 e. The molecule has 0 fully saturated rings. The highest BCUT2D eigenvalue weighted by molar-refractivity contribution is 6.04. The molecule has 4 aromatic rings. The van der Waals surface area contributed by atoms with Crippen molar-refractivity contribution in [1.29, 1.82) is 0 Å². The number of carbonyl (C=O) groups excluding carboxylic acids is 1. The number of ether oxygens (including phenoxy) is 1. The van der Waals surface area contributed by atoms with Crippen molar-refractivity contribution in [1.82, 2.24) is 9.97 Å². The van der Waals surface area contributed by atoms with Gasteiger partial charge in [0.2, 0.25) is 0 Å². The largest absolute Gasteiger partial charge is 0.494 e. The van der Waals surface area contributed by atoms with Gasteiger partial charge in [-0.1, -0.05) is 24.3 Å². The molecule has 3 aromatic carbocycles. The molecule has 4 rings (SSSR count). The minimum atomic E-state index is -0.137. The number of para-hydroxylation sites is 2. The first-order valence-electron chi connectivity index (χ1n) is 9.78. The smallest absolute Gasteiger partial charge is 0.255 e. The van der Waals surface area contributed by atoms with Crippen molar-refractivity contribution >= 4 is 22.6 Å². The minimum absolute atomic E-state index is 0.137. The summed E-state index contributed by atoms with van der Waals surface area (Å²) < 4.78 is 5.42. The molecule has 0 aliphatic carbocycles. The second kappa shape index (κ2) is 8.61. The van der Waals surface area contributed by atoms with Crippen LogP contribution >= 0.6 is 0 Å². The number of aromatic nitrogens is 2. The zero-order valence-corrected chi connectivity index (χ0v) is 16.3. The third-order valence-electron chi connectivity index (χ3n) is 4.70. The van der Waals surface area contributed by atoms with Crippen molar-refractivity contribution < 1.29 is 9.53 Å². The van der Waals surface area contributed by atoms with E-state index in [-0.39, 0.29) is 5.91 Å². The molecule has 146 valence electrons. The van der Waals surface area contributed by atoms with Crippen molar-refractivity contribution in [3.63, 3.8) is 0 Å². The number of hydrogen-bond donors (Lipinski definition) is 2. The highest BCUT2D eigenvalue weighted by Gasteiger charge is 2.08. The van der Waals surface area contributed by atoms with Gasteiger partial charge in [-0.25, -0.2) is 4.98 Å². The van der Waals surface area contributed by atoms with Gasteiger partial charge in [-0.3, -0.25) is 4.79 Å². The summed E-state index contributed by atoms with van der Waals surface area (Å²) in [6, 6.07) is 23.1. The molecule has 0 aliphatic rings. The van der Waals surface area contributed by atoms with Gasteiger partial charge in [-0.2, -0.15) is 0 Å². The van der Waals surface area contributed by atoms with E-state index in [1.165, 1.54) is 0 Å². The minimum Gasteiger partial charge on any atom is -0.494 e. The number of nitrogens with one attached hydrogen (secondary N) is 2.